The van der Waals surface area contributed by atoms with Gasteiger partial charge in [-0.2, -0.15) is 0 Å². The van der Waals surface area contributed by atoms with Gasteiger partial charge in [-0.25, -0.2) is 0 Å². The summed E-state index contributed by atoms with van der Waals surface area (Å²) in [6.45, 7) is 3.50. The van der Waals surface area contributed by atoms with Crippen LogP contribution in [-0.4, -0.2) is 22.7 Å². The Labute approximate surface area is 155 Å². The van der Waals surface area contributed by atoms with Gasteiger partial charge in [0.25, 0.3) is 0 Å². The Hall–Kier alpha value is -2.49. The molecule has 2 unspecified atom stereocenters. The van der Waals surface area contributed by atoms with E-state index in [4.69, 9.17) is 0 Å². The molecule has 0 amide bonds. The summed E-state index contributed by atoms with van der Waals surface area (Å²) in [6.07, 6.45) is 4.09. The molecule has 2 atom stereocenters. The maximum absolute atomic E-state index is 9.83. The number of pyridine rings is 1. The van der Waals surface area contributed by atoms with Crippen LogP contribution >= 0.6 is 0 Å². The quantitative estimate of drug-likeness (QED) is 0.636. The Morgan fingerprint density at radius 3 is 2.42 bits per heavy atom. The van der Waals surface area contributed by atoms with E-state index in [1.165, 1.54) is 22.3 Å². The highest BCUT2D eigenvalue weighted by molar-refractivity contribution is 5.63. The third kappa shape index (κ3) is 5.25. The number of aliphatic hydroxyl groups excluding tert-OH is 1. The molecule has 0 bridgehead atoms. The van der Waals surface area contributed by atoms with E-state index < -0.39 is 0 Å². The van der Waals surface area contributed by atoms with Crippen LogP contribution in [0.5, 0.6) is 0 Å². The number of rotatable bonds is 8. The Morgan fingerprint density at radius 2 is 1.69 bits per heavy atom. The second kappa shape index (κ2) is 9.27. The number of hydrogen-bond acceptors (Lipinski definition) is 3. The lowest BCUT2D eigenvalue weighted by atomic mass is 9.93. The van der Waals surface area contributed by atoms with Gasteiger partial charge in [0.05, 0.1) is 6.10 Å². The van der Waals surface area contributed by atoms with E-state index in [9.17, 15) is 5.11 Å². The lowest BCUT2D eigenvalue weighted by Gasteiger charge is -2.20. The van der Waals surface area contributed by atoms with Crippen LogP contribution in [0.2, 0.25) is 0 Å². The summed E-state index contributed by atoms with van der Waals surface area (Å²) >= 11 is 0. The summed E-state index contributed by atoms with van der Waals surface area (Å²) in [5.74, 6) is 0.305. The van der Waals surface area contributed by atoms with Crippen LogP contribution < -0.4 is 5.32 Å². The normalized spacial score (nSPS) is 13.3. The third-order valence-electron chi connectivity index (χ3n) is 4.56. The van der Waals surface area contributed by atoms with Gasteiger partial charge in [0.2, 0.25) is 0 Å². The Kier molecular flexibility index (Phi) is 6.53. The summed E-state index contributed by atoms with van der Waals surface area (Å²) in [6, 6.07) is 23.1. The molecule has 3 nitrogen and oxygen atoms in total. The van der Waals surface area contributed by atoms with E-state index in [1.807, 2.05) is 37.5 Å². The van der Waals surface area contributed by atoms with Crippen molar-refractivity contribution in [1.82, 2.24) is 10.3 Å². The monoisotopic (exact) mass is 346 g/mol. The summed E-state index contributed by atoms with van der Waals surface area (Å²) in [5.41, 5.74) is 4.91. The minimum atomic E-state index is -0.308. The fourth-order valence-electron chi connectivity index (χ4n) is 3.27. The molecule has 3 heteroatoms. The van der Waals surface area contributed by atoms with E-state index in [1.54, 1.807) is 0 Å². The molecule has 0 spiro atoms. The van der Waals surface area contributed by atoms with Crippen LogP contribution in [0.1, 0.15) is 30.4 Å². The molecular weight excluding hydrogens is 320 g/mol. The Balaban J connectivity index is 1.63. The van der Waals surface area contributed by atoms with Crippen molar-refractivity contribution >= 4 is 0 Å². The van der Waals surface area contributed by atoms with Crippen LogP contribution in [0.25, 0.3) is 11.1 Å². The van der Waals surface area contributed by atoms with Crippen LogP contribution in [0.4, 0.5) is 0 Å². The molecule has 3 rings (SSSR count). The first-order chi connectivity index (χ1) is 12.7. The highest BCUT2D eigenvalue weighted by Gasteiger charge is 2.13. The largest absolute Gasteiger partial charge is 0.393 e. The van der Waals surface area contributed by atoms with Gasteiger partial charge < -0.3 is 10.4 Å². The molecule has 3 aromatic rings. The zero-order valence-corrected chi connectivity index (χ0v) is 15.2. The van der Waals surface area contributed by atoms with Crippen molar-refractivity contribution in [2.45, 2.75) is 31.9 Å². The second-order valence-corrected chi connectivity index (χ2v) is 6.76. The maximum Gasteiger partial charge on any atom is 0.0518 e. The van der Waals surface area contributed by atoms with Crippen LogP contribution in [-0.2, 0) is 6.54 Å². The average Bonchev–Trinajstić information content (AvgIpc) is 2.68. The van der Waals surface area contributed by atoms with E-state index >= 15 is 0 Å². The first kappa shape index (κ1) is 18.3. The van der Waals surface area contributed by atoms with Gasteiger partial charge in [-0.1, -0.05) is 48.5 Å². The number of nitrogens with zero attached hydrogens (tertiary/aromatic N) is 1. The topological polar surface area (TPSA) is 45.1 Å². The standard InChI is InChI=1S/C23H26N2O/c1-18(26)14-23(20-7-3-2-4-8-20)17-25-16-19-6-5-9-22(15-19)21-10-12-24-13-11-21/h2-13,15,18,23,25-26H,14,16-17H2,1H3. The molecule has 134 valence electrons. The van der Waals surface area contributed by atoms with E-state index in [0.29, 0.717) is 5.92 Å². The SMILES string of the molecule is CC(O)CC(CNCc1cccc(-c2ccncc2)c1)c1ccccc1. The van der Waals surface area contributed by atoms with Gasteiger partial charge in [0.15, 0.2) is 0 Å². The minimum Gasteiger partial charge on any atom is -0.393 e. The molecule has 0 saturated carbocycles. The summed E-state index contributed by atoms with van der Waals surface area (Å²) in [4.78, 5) is 4.08. The predicted octanol–water partition coefficient (Wildman–Crippen LogP) is 4.39. The number of nitrogens with one attached hydrogen (secondary N) is 1. The molecule has 2 aromatic carbocycles. The number of hydrogen-bond donors (Lipinski definition) is 2. The lowest BCUT2D eigenvalue weighted by Crippen LogP contribution is -2.23. The highest BCUT2D eigenvalue weighted by Crippen LogP contribution is 2.22. The lowest BCUT2D eigenvalue weighted by molar-refractivity contribution is 0.173. The van der Waals surface area contributed by atoms with Crippen molar-refractivity contribution in [3.05, 3.63) is 90.3 Å². The van der Waals surface area contributed by atoms with Gasteiger partial charge in [-0.05, 0) is 59.7 Å². The van der Waals surface area contributed by atoms with Crippen molar-refractivity contribution < 1.29 is 5.11 Å². The van der Waals surface area contributed by atoms with Gasteiger partial charge >= 0.3 is 0 Å². The van der Waals surface area contributed by atoms with Gasteiger partial charge in [-0.3, -0.25) is 4.98 Å². The molecule has 26 heavy (non-hydrogen) atoms. The van der Waals surface area contributed by atoms with Gasteiger partial charge in [-0.15, -0.1) is 0 Å². The van der Waals surface area contributed by atoms with Crippen molar-refractivity contribution in [3.8, 4) is 11.1 Å². The molecular formula is C23H26N2O. The maximum atomic E-state index is 9.83. The molecule has 2 N–H and O–H groups in total. The summed E-state index contributed by atoms with van der Waals surface area (Å²) < 4.78 is 0. The van der Waals surface area contributed by atoms with E-state index in [-0.39, 0.29) is 6.10 Å². The number of aromatic nitrogens is 1. The average molecular weight is 346 g/mol. The van der Waals surface area contributed by atoms with Gasteiger partial charge in [0, 0.05) is 25.5 Å². The van der Waals surface area contributed by atoms with Crippen molar-refractivity contribution in [2.24, 2.45) is 0 Å². The van der Waals surface area contributed by atoms with Crippen LogP contribution in [0.3, 0.4) is 0 Å². The first-order valence-corrected chi connectivity index (χ1v) is 9.15. The zero-order chi connectivity index (χ0) is 18.2. The van der Waals surface area contributed by atoms with Gasteiger partial charge in [0.1, 0.15) is 0 Å². The molecule has 0 radical (unpaired) electrons. The van der Waals surface area contributed by atoms with Crippen molar-refractivity contribution in [3.63, 3.8) is 0 Å². The summed E-state index contributed by atoms with van der Waals surface area (Å²) in [5, 5.41) is 13.4. The summed E-state index contributed by atoms with van der Waals surface area (Å²) in [7, 11) is 0. The first-order valence-electron chi connectivity index (χ1n) is 9.15. The van der Waals surface area contributed by atoms with Crippen LogP contribution in [0.15, 0.2) is 79.1 Å². The smallest absolute Gasteiger partial charge is 0.0518 e. The molecule has 0 saturated heterocycles. The number of benzene rings is 2. The fourth-order valence-corrected chi connectivity index (χ4v) is 3.27. The number of aliphatic hydroxyl groups is 1. The minimum absolute atomic E-state index is 0.305. The molecule has 0 aliphatic heterocycles. The Bertz CT molecular complexity index is 788. The molecule has 0 fully saturated rings. The second-order valence-electron chi connectivity index (χ2n) is 6.76. The Morgan fingerprint density at radius 1 is 0.923 bits per heavy atom. The van der Waals surface area contributed by atoms with E-state index in [2.05, 4.69) is 58.8 Å². The predicted molar refractivity (Wildman–Crippen MR) is 107 cm³/mol. The van der Waals surface area contributed by atoms with E-state index in [0.717, 1.165) is 19.5 Å². The fraction of sp³-hybridized carbons (Fsp3) is 0.261. The molecule has 0 aliphatic carbocycles. The zero-order valence-electron chi connectivity index (χ0n) is 15.2. The highest BCUT2D eigenvalue weighted by atomic mass is 16.3. The van der Waals surface area contributed by atoms with Crippen molar-refractivity contribution in [2.75, 3.05) is 6.54 Å². The molecule has 1 aromatic heterocycles. The molecule has 1 heterocycles. The van der Waals surface area contributed by atoms with Crippen molar-refractivity contribution in [1.29, 1.82) is 0 Å². The molecule has 0 aliphatic rings. The third-order valence-corrected chi connectivity index (χ3v) is 4.56. The van der Waals surface area contributed by atoms with Crippen LogP contribution in [0, 0.1) is 0 Å².